The molecule has 2 unspecified atom stereocenters. The number of carbonyl (C=O) groups is 2. The van der Waals surface area contributed by atoms with Crippen LogP contribution in [0, 0.1) is 5.92 Å². The van der Waals surface area contributed by atoms with Crippen LogP contribution in [-0.2, 0) is 4.79 Å². The summed E-state index contributed by atoms with van der Waals surface area (Å²) in [6.07, 6.45) is 1.89. The summed E-state index contributed by atoms with van der Waals surface area (Å²) in [7, 11) is 3.84. The van der Waals surface area contributed by atoms with E-state index in [0.29, 0.717) is 18.4 Å². The largest absolute Gasteiger partial charge is 0.481 e. The lowest BCUT2D eigenvalue weighted by molar-refractivity contribution is -0.141. The zero-order valence-corrected chi connectivity index (χ0v) is 11.8. The maximum absolute atomic E-state index is 12.2. The molecule has 0 radical (unpaired) electrons. The molecule has 5 heteroatoms. The van der Waals surface area contributed by atoms with Crippen LogP contribution in [0.3, 0.4) is 0 Å². The number of nitrogens with zero attached hydrogens (tertiary/aromatic N) is 1. The minimum absolute atomic E-state index is 0.0355. The SMILES string of the molecule is CN(C)c1cccc(C(=O)NC2CCC(C(=O)O)C2)c1. The van der Waals surface area contributed by atoms with Crippen molar-refractivity contribution in [3.8, 4) is 0 Å². The zero-order chi connectivity index (χ0) is 14.7. The lowest BCUT2D eigenvalue weighted by Gasteiger charge is -2.15. The molecule has 2 N–H and O–H groups in total. The second-order valence-electron chi connectivity index (χ2n) is 5.46. The fourth-order valence-electron chi connectivity index (χ4n) is 2.53. The molecule has 0 bridgehead atoms. The predicted octanol–water partition coefficient (Wildman–Crippen LogP) is 1.74. The highest BCUT2D eigenvalue weighted by Crippen LogP contribution is 2.26. The molecular weight excluding hydrogens is 256 g/mol. The summed E-state index contributed by atoms with van der Waals surface area (Å²) >= 11 is 0. The van der Waals surface area contributed by atoms with E-state index >= 15 is 0 Å². The van der Waals surface area contributed by atoms with Crippen molar-refractivity contribution < 1.29 is 14.7 Å². The Balaban J connectivity index is 1.99. The Morgan fingerprint density at radius 1 is 1.30 bits per heavy atom. The Labute approximate surface area is 118 Å². The normalized spacial score (nSPS) is 21.5. The second-order valence-corrected chi connectivity index (χ2v) is 5.46. The molecule has 0 aliphatic heterocycles. The van der Waals surface area contributed by atoms with E-state index in [-0.39, 0.29) is 17.9 Å². The molecule has 108 valence electrons. The molecule has 0 spiro atoms. The third kappa shape index (κ3) is 3.29. The van der Waals surface area contributed by atoms with Crippen LogP contribution in [0.5, 0.6) is 0 Å². The fourth-order valence-corrected chi connectivity index (χ4v) is 2.53. The number of carbonyl (C=O) groups excluding carboxylic acids is 1. The lowest BCUT2D eigenvalue weighted by Crippen LogP contribution is -2.33. The number of benzene rings is 1. The predicted molar refractivity (Wildman–Crippen MR) is 77.0 cm³/mol. The average Bonchev–Trinajstić information content (AvgIpc) is 2.87. The maximum Gasteiger partial charge on any atom is 0.306 e. The highest BCUT2D eigenvalue weighted by Gasteiger charge is 2.30. The third-order valence-corrected chi connectivity index (χ3v) is 3.74. The van der Waals surface area contributed by atoms with E-state index in [1.165, 1.54) is 0 Å². The van der Waals surface area contributed by atoms with E-state index in [2.05, 4.69) is 5.32 Å². The molecule has 1 fully saturated rings. The Morgan fingerprint density at radius 2 is 2.05 bits per heavy atom. The number of carboxylic acids is 1. The average molecular weight is 276 g/mol. The number of nitrogens with one attached hydrogen (secondary N) is 1. The van der Waals surface area contributed by atoms with Gasteiger partial charge in [-0.05, 0) is 37.5 Å². The van der Waals surface area contributed by atoms with Gasteiger partial charge in [-0.3, -0.25) is 9.59 Å². The van der Waals surface area contributed by atoms with Gasteiger partial charge in [0.05, 0.1) is 5.92 Å². The Morgan fingerprint density at radius 3 is 2.65 bits per heavy atom. The van der Waals surface area contributed by atoms with Crippen LogP contribution in [0.25, 0.3) is 0 Å². The van der Waals surface area contributed by atoms with Gasteiger partial charge in [0.2, 0.25) is 0 Å². The van der Waals surface area contributed by atoms with Crippen LogP contribution >= 0.6 is 0 Å². The van der Waals surface area contributed by atoms with Crippen molar-refractivity contribution in [3.05, 3.63) is 29.8 Å². The molecule has 0 heterocycles. The minimum atomic E-state index is -0.767. The van der Waals surface area contributed by atoms with Gasteiger partial charge in [-0.25, -0.2) is 0 Å². The molecule has 2 rings (SSSR count). The van der Waals surface area contributed by atoms with Crippen molar-refractivity contribution >= 4 is 17.6 Å². The monoisotopic (exact) mass is 276 g/mol. The summed E-state index contributed by atoms with van der Waals surface area (Å²) in [6, 6.07) is 7.35. The number of hydrogen-bond acceptors (Lipinski definition) is 3. The molecule has 1 aliphatic carbocycles. The van der Waals surface area contributed by atoms with Crippen molar-refractivity contribution in [2.45, 2.75) is 25.3 Å². The summed E-state index contributed by atoms with van der Waals surface area (Å²) in [4.78, 5) is 25.0. The second kappa shape index (κ2) is 5.94. The first kappa shape index (κ1) is 14.4. The van der Waals surface area contributed by atoms with Crippen LogP contribution in [-0.4, -0.2) is 37.1 Å². The van der Waals surface area contributed by atoms with Crippen LogP contribution in [0.4, 0.5) is 5.69 Å². The molecule has 1 aromatic rings. The molecule has 2 atom stereocenters. The van der Waals surface area contributed by atoms with Crippen molar-refractivity contribution in [2.75, 3.05) is 19.0 Å². The van der Waals surface area contributed by atoms with Gasteiger partial charge < -0.3 is 15.3 Å². The molecule has 1 aromatic carbocycles. The molecule has 1 amide bonds. The summed E-state index contributed by atoms with van der Waals surface area (Å²) in [6.45, 7) is 0. The number of carboxylic acid groups (broad SMARTS) is 1. The van der Waals surface area contributed by atoms with Gasteiger partial charge in [0.25, 0.3) is 5.91 Å². The van der Waals surface area contributed by atoms with Crippen LogP contribution in [0.15, 0.2) is 24.3 Å². The van der Waals surface area contributed by atoms with Gasteiger partial charge in [0, 0.05) is 31.4 Å². The summed E-state index contributed by atoms with van der Waals surface area (Å²) in [5.41, 5.74) is 1.57. The van der Waals surface area contributed by atoms with E-state index < -0.39 is 5.97 Å². The van der Waals surface area contributed by atoms with Gasteiger partial charge in [0.15, 0.2) is 0 Å². The number of hydrogen-bond donors (Lipinski definition) is 2. The van der Waals surface area contributed by atoms with Gasteiger partial charge in [0.1, 0.15) is 0 Å². The highest BCUT2D eigenvalue weighted by molar-refractivity contribution is 5.95. The van der Waals surface area contributed by atoms with Gasteiger partial charge in [-0.2, -0.15) is 0 Å². The molecule has 20 heavy (non-hydrogen) atoms. The highest BCUT2D eigenvalue weighted by atomic mass is 16.4. The summed E-state index contributed by atoms with van der Waals surface area (Å²) in [5, 5.41) is 11.9. The van der Waals surface area contributed by atoms with E-state index in [4.69, 9.17) is 5.11 Å². The topological polar surface area (TPSA) is 69.6 Å². The molecule has 5 nitrogen and oxygen atoms in total. The maximum atomic E-state index is 12.2. The Kier molecular flexibility index (Phi) is 4.27. The van der Waals surface area contributed by atoms with E-state index in [0.717, 1.165) is 12.1 Å². The van der Waals surface area contributed by atoms with Gasteiger partial charge in [-0.15, -0.1) is 0 Å². The Bertz CT molecular complexity index is 514. The summed E-state index contributed by atoms with van der Waals surface area (Å²) in [5.74, 6) is -1.23. The minimum Gasteiger partial charge on any atom is -0.481 e. The van der Waals surface area contributed by atoms with Crippen molar-refractivity contribution in [3.63, 3.8) is 0 Å². The van der Waals surface area contributed by atoms with Gasteiger partial charge >= 0.3 is 5.97 Å². The first-order chi connectivity index (χ1) is 9.47. The van der Waals surface area contributed by atoms with Crippen LogP contribution in [0.2, 0.25) is 0 Å². The fraction of sp³-hybridized carbons (Fsp3) is 0.467. The molecular formula is C15H20N2O3. The molecule has 0 aromatic heterocycles. The standard InChI is InChI=1S/C15H20N2O3/c1-17(2)13-5-3-4-10(9-13)14(18)16-12-7-6-11(8-12)15(19)20/h3-5,9,11-12H,6-8H2,1-2H3,(H,16,18)(H,19,20). The van der Waals surface area contributed by atoms with Crippen LogP contribution in [0.1, 0.15) is 29.6 Å². The quantitative estimate of drug-likeness (QED) is 0.878. The van der Waals surface area contributed by atoms with Crippen LogP contribution < -0.4 is 10.2 Å². The Hall–Kier alpha value is -2.04. The number of aliphatic carboxylic acids is 1. The number of amides is 1. The van der Waals surface area contributed by atoms with Crippen molar-refractivity contribution in [2.24, 2.45) is 5.92 Å². The van der Waals surface area contributed by atoms with Crippen molar-refractivity contribution in [1.29, 1.82) is 0 Å². The van der Waals surface area contributed by atoms with Crippen molar-refractivity contribution in [1.82, 2.24) is 5.32 Å². The summed E-state index contributed by atoms with van der Waals surface area (Å²) < 4.78 is 0. The first-order valence-electron chi connectivity index (χ1n) is 6.78. The number of anilines is 1. The zero-order valence-electron chi connectivity index (χ0n) is 11.8. The lowest BCUT2D eigenvalue weighted by atomic mass is 10.1. The van der Waals surface area contributed by atoms with Gasteiger partial charge in [-0.1, -0.05) is 6.07 Å². The number of rotatable bonds is 4. The van der Waals surface area contributed by atoms with E-state index in [1.54, 1.807) is 6.07 Å². The smallest absolute Gasteiger partial charge is 0.306 e. The third-order valence-electron chi connectivity index (χ3n) is 3.74. The first-order valence-corrected chi connectivity index (χ1v) is 6.78. The van der Waals surface area contributed by atoms with E-state index in [9.17, 15) is 9.59 Å². The molecule has 1 aliphatic rings. The molecule has 0 saturated heterocycles. The van der Waals surface area contributed by atoms with E-state index in [1.807, 2.05) is 37.2 Å². The molecule has 1 saturated carbocycles.